The van der Waals surface area contributed by atoms with Crippen LogP contribution >= 0.6 is 0 Å². The van der Waals surface area contributed by atoms with E-state index in [4.69, 9.17) is 4.74 Å². The van der Waals surface area contributed by atoms with Gasteiger partial charge in [0, 0.05) is 36.5 Å². The molecule has 0 heterocycles. The average molecular weight is 389 g/mol. The molecule has 0 saturated heterocycles. The van der Waals surface area contributed by atoms with Gasteiger partial charge in [-0.2, -0.15) is 4.39 Å². The molecule has 0 bridgehead atoms. The van der Waals surface area contributed by atoms with Crippen LogP contribution in [-0.2, 0) is 4.79 Å². The lowest BCUT2D eigenvalue weighted by molar-refractivity contribution is -0.387. The van der Waals surface area contributed by atoms with E-state index in [9.17, 15) is 24.1 Å². The molecule has 2 aromatic carbocycles. The Labute approximate surface area is 161 Å². The summed E-state index contributed by atoms with van der Waals surface area (Å²) in [4.78, 5) is 35.8. The van der Waals surface area contributed by atoms with E-state index >= 15 is 0 Å². The maximum Gasteiger partial charge on any atom is 0.305 e. The van der Waals surface area contributed by atoms with Crippen molar-refractivity contribution in [1.82, 2.24) is 4.90 Å². The molecule has 0 unspecified atom stereocenters. The Morgan fingerprint density at radius 1 is 1.18 bits per heavy atom. The molecule has 0 aliphatic rings. The van der Waals surface area contributed by atoms with Crippen molar-refractivity contribution in [2.24, 2.45) is 0 Å². The summed E-state index contributed by atoms with van der Waals surface area (Å²) in [6, 6.07) is 9.51. The van der Waals surface area contributed by atoms with Gasteiger partial charge in [0.1, 0.15) is 5.75 Å². The van der Waals surface area contributed by atoms with Crippen LogP contribution in [0.15, 0.2) is 42.5 Å². The maximum absolute atomic E-state index is 13.6. The van der Waals surface area contributed by atoms with Crippen molar-refractivity contribution < 1.29 is 23.6 Å². The van der Waals surface area contributed by atoms with E-state index < -0.39 is 28.9 Å². The molecule has 1 N–H and O–H groups in total. The molecule has 148 valence electrons. The van der Waals surface area contributed by atoms with E-state index in [-0.39, 0.29) is 11.7 Å². The normalized spacial score (nSPS) is 10.2. The summed E-state index contributed by atoms with van der Waals surface area (Å²) in [5, 5.41) is 13.2. The van der Waals surface area contributed by atoms with Gasteiger partial charge in [-0.15, -0.1) is 0 Å². The molecule has 2 amide bonds. The second-order valence-corrected chi connectivity index (χ2v) is 5.77. The summed E-state index contributed by atoms with van der Waals surface area (Å²) in [5.41, 5.74) is 0.188. The minimum atomic E-state index is -1.05. The Morgan fingerprint density at radius 3 is 2.50 bits per heavy atom. The number of halogens is 1. The first-order valence-electron chi connectivity index (χ1n) is 8.61. The highest BCUT2D eigenvalue weighted by molar-refractivity contribution is 5.97. The number of hydrogen-bond acceptors (Lipinski definition) is 5. The first-order valence-corrected chi connectivity index (χ1v) is 8.61. The topological polar surface area (TPSA) is 102 Å². The second-order valence-electron chi connectivity index (χ2n) is 5.77. The highest BCUT2D eigenvalue weighted by atomic mass is 19.1. The highest BCUT2D eigenvalue weighted by Crippen LogP contribution is 2.22. The predicted molar refractivity (Wildman–Crippen MR) is 101 cm³/mol. The van der Waals surface area contributed by atoms with Crippen molar-refractivity contribution in [2.75, 3.05) is 25.0 Å². The van der Waals surface area contributed by atoms with Gasteiger partial charge in [0.2, 0.25) is 5.82 Å². The average Bonchev–Trinajstić information content (AvgIpc) is 2.67. The summed E-state index contributed by atoms with van der Waals surface area (Å²) in [6.45, 7) is 4.49. The van der Waals surface area contributed by atoms with E-state index in [1.807, 2.05) is 13.8 Å². The van der Waals surface area contributed by atoms with E-state index in [0.29, 0.717) is 24.3 Å². The van der Waals surface area contributed by atoms with Crippen molar-refractivity contribution >= 4 is 23.2 Å². The fourth-order valence-electron chi connectivity index (χ4n) is 2.49. The van der Waals surface area contributed by atoms with Gasteiger partial charge in [-0.1, -0.05) is 6.07 Å². The lowest BCUT2D eigenvalue weighted by atomic mass is 10.1. The predicted octanol–water partition coefficient (Wildman–Crippen LogP) is 3.23. The zero-order valence-corrected chi connectivity index (χ0v) is 15.5. The van der Waals surface area contributed by atoms with Crippen molar-refractivity contribution in [3.05, 3.63) is 64.0 Å². The van der Waals surface area contributed by atoms with Gasteiger partial charge in [0.15, 0.2) is 6.61 Å². The number of ether oxygens (including phenoxy) is 1. The van der Waals surface area contributed by atoms with Crippen LogP contribution in [0.2, 0.25) is 0 Å². The Hall–Kier alpha value is -3.49. The van der Waals surface area contributed by atoms with Crippen LogP contribution in [0.4, 0.5) is 15.8 Å². The number of nitro groups is 1. The molecule has 9 heteroatoms. The number of anilines is 1. The van der Waals surface area contributed by atoms with Crippen LogP contribution in [0.3, 0.4) is 0 Å². The zero-order valence-electron chi connectivity index (χ0n) is 15.5. The van der Waals surface area contributed by atoms with Crippen molar-refractivity contribution in [3.8, 4) is 5.75 Å². The fraction of sp³-hybridized carbons (Fsp3) is 0.263. The number of nitrogens with zero attached hydrogens (tertiary/aromatic N) is 2. The summed E-state index contributed by atoms with van der Waals surface area (Å²) in [5.74, 6) is -1.72. The quantitative estimate of drug-likeness (QED) is 0.552. The van der Waals surface area contributed by atoms with Crippen LogP contribution in [0, 0.1) is 15.9 Å². The number of rotatable bonds is 8. The number of carbonyl (C=O) groups excluding carboxylic acids is 2. The fourth-order valence-corrected chi connectivity index (χ4v) is 2.49. The number of hydrogen-bond donors (Lipinski definition) is 1. The molecule has 0 radical (unpaired) electrons. The minimum Gasteiger partial charge on any atom is -0.484 e. The number of nitro benzene ring substituents is 1. The van der Waals surface area contributed by atoms with E-state index in [1.165, 1.54) is 6.07 Å². The van der Waals surface area contributed by atoms with Crippen LogP contribution in [-0.4, -0.2) is 41.3 Å². The van der Waals surface area contributed by atoms with Gasteiger partial charge in [-0.05, 0) is 38.1 Å². The summed E-state index contributed by atoms with van der Waals surface area (Å²) >= 11 is 0. The molecule has 0 fully saturated rings. The molecule has 0 aromatic heterocycles. The van der Waals surface area contributed by atoms with Gasteiger partial charge in [0.05, 0.1) is 4.92 Å². The number of amides is 2. The first-order chi connectivity index (χ1) is 13.3. The third kappa shape index (κ3) is 5.26. The Morgan fingerprint density at radius 2 is 1.89 bits per heavy atom. The van der Waals surface area contributed by atoms with Gasteiger partial charge in [0.25, 0.3) is 11.8 Å². The lowest BCUT2D eigenvalue weighted by Crippen LogP contribution is -2.30. The molecular formula is C19H20FN3O5. The molecule has 2 aromatic rings. The Balaban J connectivity index is 1.98. The third-order valence-corrected chi connectivity index (χ3v) is 3.93. The van der Waals surface area contributed by atoms with Crippen LogP contribution in [0.5, 0.6) is 5.75 Å². The van der Waals surface area contributed by atoms with Gasteiger partial charge in [-0.3, -0.25) is 19.7 Å². The third-order valence-electron chi connectivity index (χ3n) is 3.93. The lowest BCUT2D eigenvalue weighted by Gasteiger charge is -2.19. The number of carbonyl (C=O) groups is 2. The maximum atomic E-state index is 13.6. The summed E-state index contributed by atoms with van der Waals surface area (Å²) in [7, 11) is 0. The van der Waals surface area contributed by atoms with Gasteiger partial charge >= 0.3 is 5.69 Å². The zero-order chi connectivity index (χ0) is 20.7. The van der Waals surface area contributed by atoms with Gasteiger partial charge in [-0.25, -0.2) is 0 Å². The molecule has 0 aliphatic heterocycles. The minimum absolute atomic E-state index is 0.0105. The largest absolute Gasteiger partial charge is 0.484 e. The molecule has 28 heavy (non-hydrogen) atoms. The Bertz CT molecular complexity index is 884. The molecule has 0 atom stereocenters. The van der Waals surface area contributed by atoms with Gasteiger partial charge < -0.3 is 15.0 Å². The monoisotopic (exact) mass is 389 g/mol. The van der Waals surface area contributed by atoms with Crippen molar-refractivity contribution in [1.29, 1.82) is 0 Å². The molecular weight excluding hydrogens is 369 g/mol. The van der Waals surface area contributed by atoms with Crippen LogP contribution < -0.4 is 10.1 Å². The standard InChI is InChI=1S/C19H20FN3O5/c1-3-22(4-2)19(25)13-6-5-7-14(10-13)21-18(24)12-28-15-8-9-17(23(26)27)16(20)11-15/h5-11H,3-4,12H2,1-2H3,(H,21,24). The van der Waals surface area contributed by atoms with Crippen LogP contribution in [0.1, 0.15) is 24.2 Å². The smallest absolute Gasteiger partial charge is 0.305 e. The highest BCUT2D eigenvalue weighted by Gasteiger charge is 2.16. The van der Waals surface area contributed by atoms with E-state index in [0.717, 1.165) is 12.1 Å². The molecule has 0 spiro atoms. The molecule has 8 nitrogen and oxygen atoms in total. The molecule has 0 saturated carbocycles. The Kier molecular flexibility index (Phi) is 7.02. The van der Waals surface area contributed by atoms with Crippen molar-refractivity contribution in [3.63, 3.8) is 0 Å². The number of benzene rings is 2. The van der Waals surface area contributed by atoms with Crippen LogP contribution in [0.25, 0.3) is 0 Å². The van der Waals surface area contributed by atoms with Crippen molar-refractivity contribution in [2.45, 2.75) is 13.8 Å². The summed E-state index contributed by atoms with van der Waals surface area (Å²) in [6.07, 6.45) is 0. The molecule has 0 aliphatic carbocycles. The number of nitrogens with one attached hydrogen (secondary N) is 1. The SMILES string of the molecule is CCN(CC)C(=O)c1cccc(NC(=O)COc2ccc([N+](=O)[O-])c(F)c2)c1. The molecule has 2 rings (SSSR count). The first kappa shape index (κ1) is 20.8. The van der Waals surface area contributed by atoms with E-state index in [2.05, 4.69) is 5.32 Å². The second kappa shape index (κ2) is 9.45. The summed E-state index contributed by atoms with van der Waals surface area (Å²) < 4.78 is 18.7. The van der Waals surface area contributed by atoms with E-state index in [1.54, 1.807) is 29.2 Å².